The maximum Gasteiger partial charge on any atom is 0.335 e. The van der Waals surface area contributed by atoms with Crippen LogP contribution in [0.1, 0.15) is 59.5 Å². The highest BCUT2D eigenvalue weighted by Gasteiger charge is 2.25. The first kappa shape index (κ1) is 31.0. The third-order valence-corrected chi connectivity index (χ3v) is 7.66. The molecule has 0 bridgehead atoms. The summed E-state index contributed by atoms with van der Waals surface area (Å²) in [5, 5.41) is 9.37. The van der Waals surface area contributed by atoms with Gasteiger partial charge in [0.05, 0.1) is 23.9 Å². The number of anilines is 1. The molecule has 0 aliphatic carbocycles. The van der Waals surface area contributed by atoms with Gasteiger partial charge in [-0.1, -0.05) is 69.3 Å². The number of hydrogen-bond acceptors (Lipinski definition) is 8. The third kappa shape index (κ3) is 7.67. The number of ether oxygens (including phenoxy) is 2. The molecule has 1 aromatic heterocycles. The van der Waals surface area contributed by atoms with Gasteiger partial charge in [0.2, 0.25) is 11.8 Å². The second kappa shape index (κ2) is 13.4. The smallest absolute Gasteiger partial charge is 0.335 e. The average molecular weight is 587 g/mol. The van der Waals surface area contributed by atoms with Gasteiger partial charge in [0.25, 0.3) is 0 Å². The van der Waals surface area contributed by atoms with E-state index >= 15 is 0 Å². The van der Waals surface area contributed by atoms with Crippen LogP contribution in [0.15, 0.2) is 77.7 Å². The monoisotopic (exact) mass is 586 g/mol. The van der Waals surface area contributed by atoms with E-state index in [1.807, 2.05) is 56.3 Å². The number of rotatable bonds is 11. The molecule has 8 nitrogen and oxygen atoms in total. The molecule has 1 unspecified atom stereocenters. The van der Waals surface area contributed by atoms with Crippen molar-refractivity contribution >= 4 is 23.9 Å². The van der Waals surface area contributed by atoms with E-state index in [1.165, 1.54) is 17.5 Å². The van der Waals surface area contributed by atoms with Gasteiger partial charge in [-0.15, -0.1) is 0 Å². The summed E-state index contributed by atoms with van der Waals surface area (Å²) in [6.45, 7) is 10.9. The van der Waals surface area contributed by atoms with Crippen molar-refractivity contribution in [2.45, 2.75) is 57.1 Å². The molecule has 42 heavy (non-hydrogen) atoms. The summed E-state index contributed by atoms with van der Waals surface area (Å²) in [4.78, 5) is 21.6. The number of carbonyl (C=O) groups is 1. The lowest BCUT2D eigenvalue weighted by Gasteiger charge is -2.26. The Labute approximate surface area is 251 Å². The summed E-state index contributed by atoms with van der Waals surface area (Å²) < 4.78 is 15.1. The quantitative estimate of drug-likeness (QED) is 0.160. The zero-order chi connectivity index (χ0) is 30.4. The normalized spacial score (nSPS) is 12.9. The number of carboxylic acid groups (broad SMARTS) is 1. The Morgan fingerprint density at radius 2 is 1.67 bits per heavy atom. The summed E-state index contributed by atoms with van der Waals surface area (Å²) >= 11 is 1.22. The summed E-state index contributed by atoms with van der Waals surface area (Å²) in [6.07, 6.45) is -0.535. The molecule has 0 saturated carbocycles. The fourth-order valence-electron chi connectivity index (χ4n) is 4.66. The summed E-state index contributed by atoms with van der Waals surface area (Å²) in [7, 11) is 1.61. The van der Waals surface area contributed by atoms with Crippen LogP contribution in [0.2, 0.25) is 0 Å². The van der Waals surface area contributed by atoms with Crippen molar-refractivity contribution in [3.63, 3.8) is 0 Å². The Balaban J connectivity index is 1.73. The summed E-state index contributed by atoms with van der Waals surface area (Å²) in [6, 6.07) is 22.4. The highest BCUT2D eigenvalue weighted by molar-refractivity contribution is 8.00. The van der Waals surface area contributed by atoms with Gasteiger partial charge in [-0.25, -0.2) is 9.78 Å². The van der Waals surface area contributed by atoms with Gasteiger partial charge in [0, 0.05) is 23.6 Å². The van der Waals surface area contributed by atoms with Crippen molar-refractivity contribution in [3.05, 3.63) is 101 Å². The molecule has 220 valence electrons. The molecule has 0 amide bonds. The lowest BCUT2D eigenvalue weighted by atomic mass is 9.86. The molecule has 0 saturated heterocycles. The Hall–Kier alpha value is -3.92. The van der Waals surface area contributed by atoms with Crippen LogP contribution in [0.5, 0.6) is 5.88 Å². The van der Waals surface area contributed by atoms with Crippen molar-refractivity contribution < 1.29 is 19.4 Å². The number of benzene rings is 3. The van der Waals surface area contributed by atoms with Crippen molar-refractivity contribution in [2.75, 3.05) is 18.4 Å². The standard InChI is InChI=1S/C33H38N4O4S/c1-20-9-7-10-21(2)29(20)27-18-28(36-32(35-27)37-42-25-12-8-11-23(17-25)31(38)39)41-30(26(34)19-40-6)22-13-15-24(16-14-22)33(3,4)5/h7-18,26,30H,19,34H2,1-6H3,(H,38,39)(H,35,36,37)/t26-,30?/m1/s1. The van der Waals surface area contributed by atoms with Crippen LogP contribution in [0.3, 0.4) is 0 Å². The topological polar surface area (TPSA) is 120 Å². The molecule has 4 aromatic rings. The Kier molecular flexibility index (Phi) is 9.88. The molecule has 3 aromatic carbocycles. The predicted molar refractivity (Wildman–Crippen MR) is 168 cm³/mol. The molecule has 0 radical (unpaired) electrons. The van der Waals surface area contributed by atoms with Crippen molar-refractivity contribution in [2.24, 2.45) is 5.73 Å². The van der Waals surface area contributed by atoms with Gasteiger partial charge in [-0.05, 0) is 71.7 Å². The zero-order valence-electron chi connectivity index (χ0n) is 24.8. The summed E-state index contributed by atoms with van der Waals surface area (Å²) in [5.74, 6) is -0.324. The van der Waals surface area contributed by atoms with E-state index in [0.29, 0.717) is 29.0 Å². The number of nitrogens with one attached hydrogen (secondary N) is 1. The van der Waals surface area contributed by atoms with Gasteiger partial charge in [-0.3, -0.25) is 4.72 Å². The van der Waals surface area contributed by atoms with E-state index in [0.717, 1.165) is 22.3 Å². The van der Waals surface area contributed by atoms with Gasteiger partial charge in [-0.2, -0.15) is 4.98 Å². The number of aryl methyl sites for hydroxylation is 2. The number of aromatic nitrogens is 2. The zero-order valence-corrected chi connectivity index (χ0v) is 25.7. The highest BCUT2D eigenvalue weighted by atomic mass is 32.2. The molecule has 4 N–H and O–H groups in total. The molecule has 0 spiro atoms. The predicted octanol–water partition coefficient (Wildman–Crippen LogP) is 6.97. The lowest BCUT2D eigenvalue weighted by Crippen LogP contribution is -2.36. The number of hydrogen-bond donors (Lipinski definition) is 3. The number of aromatic carboxylic acids is 1. The third-order valence-electron chi connectivity index (χ3n) is 6.88. The summed E-state index contributed by atoms with van der Waals surface area (Å²) in [5.41, 5.74) is 12.7. The Morgan fingerprint density at radius 1 is 1.00 bits per heavy atom. The maximum atomic E-state index is 11.4. The average Bonchev–Trinajstić information content (AvgIpc) is 2.94. The van der Waals surface area contributed by atoms with Gasteiger partial charge in [0.1, 0.15) is 6.10 Å². The van der Waals surface area contributed by atoms with Gasteiger partial charge < -0.3 is 20.3 Å². The molecule has 1 heterocycles. The molecule has 0 aliphatic heterocycles. The van der Waals surface area contributed by atoms with Crippen molar-refractivity contribution in [1.82, 2.24) is 9.97 Å². The van der Waals surface area contributed by atoms with Crippen LogP contribution in [0.4, 0.5) is 5.95 Å². The molecular weight excluding hydrogens is 548 g/mol. The fraction of sp³-hybridized carbons (Fsp3) is 0.303. The molecule has 9 heteroatoms. The van der Waals surface area contributed by atoms with Crippen molar-refractivity contribution in [3.8, 4) is 17.1 Å². The molecular formula is C33H38N4O4S. The number of nitrogens with two attached hydrogens (primary N) is 1. The van der Waals surface area contributed by atoms with Gasteiger partial charge >= 0.3 is 5.97 Å². The van der Waals surface area contributed by atoms with E-state index in [-0.39, 0.29) is 11.0 Å². The van der Waals surface area contributed by atoms with Gasteiger partial charge in [0.15, 0.2) is 0 Å². The van der Waals surface area contributed by atoms with E-state index in [9.17, 15) is 9.90 Å². The second-order valence-electron chi connectivity index (χ2n) is 11.2. The Morgan fingerprint density at radius 3 is 2.29 bits per heavy atom. The maximum absolute atomic E-state index is 11.4. The van der Waals surface area contributed by atoms with Crippen LogP contribution < -0.4 is 15.2 Å². The molecule has 0 fully saturated rings. The Bertz CT molecular complexity index is 1520. The highest BCUT2D eigenvalue weighted by Crippen LogP contribution is 2.33. The fourth-order valence-corrected chi connectivity index (χ4v) is 5.29. The van der Waals surface area contributed by atoms with Crippen LogP contribution in [0.25, 0.3) is 11.3 Å². The van der Waals surface area contributed by atoms with Crippen LogP contribution in [-0.2, 0) is 10.2 Å². The molecule has 4 rings (SSSR count). The van der Waals surface area contributed by atoms with Crippen LogP contribution in [-0.4, -0.2) is 40.8 Å². The van der Waals surface area contributed by atoms with Crippen LogP contribution in [0, 0.1) is 13.8 Å². The number of carboxylic acids is 1. The van der Waals surface area contributed by atoms with E-state index in [1.54, 1.807) is 25.3 Å². The van der Waals surface area contributed by atoms with Crippen molar-refractivity contribution in [1.29, 1.82) is 0 Å². The number of nitrogens with zero attached hydrogens (tertiary/aromatic N) is 2. The minimum absolute atomic E-state index is 0.0126. The first-order valence-corrected chi connectivity index (χ1v) is 14.5. The van der Waals surface area contributed by atoms with E-state index < -0.39 is 18.1 Å². The first-order valence-electron chi connectivity index (χ1n) is 13.7. The minimum atomic E-state index is -0.990. The second-order valence-corrected chi connectivity index (χ2v) is 12.1. The van der Waals surface area contributed by atoms with Crippen LogP contribution >= 0.6 is 11.9 Å². The minimum Gasteiger partial charge on any atom is -0.478 e. The number of methoxy groups -OCH3 is 1. The van der Waals surface area contributed by atoms with E-state index in [4.69, 9.17) is 20.2 Å². The largest absolute Gasteiger partial charge is 0.478 e. The SMILES string of the molecule is COC[C@@H](N)C(Oc1cc(-c2c(C)cccc2C)nc(NSc2cccc(C(=O)O)c2)n1)c1ccc(C(C)(C)C)cc1. The first-order chi connectivity index (χ1) is 20.0. The lowest BCUT2D eigenvalue weighted by molar-refractivity contribution is 0.0696. The molecule has 0 aliphatic rings. The molecule has 2 atom stereocenters. The van der Waals surface area contributed by atoms with E-state index in [2.05, 4.69) is 42.6 Å².